The number of aryl methyl sites for hydroxylation is 1. The molecule has 2 aromatic rings. The fraction of sp³-hybridized carbons (Fsp3) is 0.471. The van der Waals surface area contributed by atoms with Gasteiger partial charge >= 0.3 is 0 Å². The summed E-state index contributed by atoms with van der Waals surface area (Å²) in [6, 6.07) is 4.69. The van der Waals surface area contributed by atoms with Gasteiger partial charge in [-0.2, -0.15) is 4.31 Å². The van der Waals surface area contributed by atoms with Crippen molar-refractivity contribution in [2.75, 3.05) is 24.7 Å². The van der Waals surface area contributed by atoms with Crippen LogP contribution in [0.15, 0.2) is 27.4 Å². The molecule has 1 aliphatic heterocycles. The third kappa shape index (κ3) is 4.50. The maximum absolute atomic E-state index is 13.0. The Morgan fingerprint density at radius 1 is 1.30 bits per heavy atom. The summed E-state index contributed by atoms with van der Waals surface area (Å²) in [5.41, 5.74) is 1.02. The van der Waals surface area contributed by atoms with E-state index in [1.807, 2.05) is 6.26 Å². The molecule has 0 atom stereocenters. The maximum atomic E-state index is 13.0. The second-order valence-corrected chi connectivity index (χ2v) is 10.6. The third-order valence-electron chi connectivity index (χ3n) is 4.64. The van der Waals surface area contributed by atoms with Gasteiger partial charge in [0.15, 0.2) is 4.34 Å². The summed E-state index contributed by atoms with van der Waals surface area (Å²) in [5.74, 6) is 0.148. The molecule has 146 valence electrons. The van der Waals surface area contributed by atoms with Crippen molar-refractivity contribution in [2.45, 2.75) is 35.9 Å². The summed E-state index contributed by atoms with van der Waals surface area (Å²) < 4.78 is 28.2. The van der Waals surface area contributed by atoms with Gasteiger partial charge in [0, 0.05) is 18.7 Å². The van der Waals surface area contributed by atoms with Crippen LogP contribution in [-0.4, -0.2) is 48.2 Å². The SMILES string of the molecule is CSc1nnc(NC(=O)c2cc(S(=O)(=O)N3CCC(C)CC3)ccc2C)s1. The van der Waals surface area contributed by atoms with Gasteiger partial charge in [0.05, 0.1) is 4.90 Å². The second-order valence-electron chi connectivity index (χ2n) is 6.59. The van der Waals surface area contributed by atoms with E-state index in [0.29, 0.717) is 35.3 Å². The number of hydrogen-bond donors (Lipinski definition) is 1. The zero-order valence-electron chi connectivity index (χ0n) is 15.4. The van der Waals surface area contributed by atoms with E-state index in [1.54, 1.807) is 19.1 Å². The first-order chi connectivity index (χ1) is 12.8. The minimum absolute atomic E-state index is 0.148. The summed E-state index contributed by atoms with van der Waals surface area (Å²) in [6.45, 7) is 4.94. The Balaban J connectivity index is 1.84. The van der Waals surface area contributed by atoms with Gasteiger partial charge in [-0.05, 0) is 49.6 Å². The standard InChI is InChI=1S/C17H22N4O3S3/c1-11-6-8-21(9-7-11)27(23,24)13-5-4-12(2)14(10-13)15(22)18-16-19-20-17(25-3)26-16/h4-5,10-11H,6-9H2,1-3H3,(H,18,19,22). The first-order valence-corrected chi connectivity index (χ1v) is 12.1. The number of sulfonamides is 1. The number of rotatable bonds is 5. The zero-order chi connectivity index (χ0) is 19.6. The minimum Gasteiger partial charge on any atom is -0.296 e. The highest BCUT2D eigenvalue weighted by Gasteiger charge is 2.29. The molecule has 1 aromatic carbocycles. The summed E-state index contributed by atoms with van der Waals surface area (Å²) in [7, 11) is -3.61. The average Bonchev–Trinajstić information content (AvgIpc) is 3.09. The molecular formula is C17H22N4O3S3. The van der Waals surface area contributed by atoms with E-state index >= 15 is 0 Å². The van der Waals surface area contributed by atoms with Crippen molar-refractivity contribution < 1.29 is 13.2 Å². The number of nitrogens with one attached hydrogen (secondary N) is 1. The molecule has 0 radical (unpaired) electrons. The Kier molecular flexibility index (Phi) is 6.19. The van der Waals surface area contributed by atoms with Crippen molar-refractivity contribution in [3.05, 3.63) is 29.3 Å². The average molecular weight is 427 g/mol. The van der Waals surface area contributed by atoms with Crippen molar-refractivity contribution in [3.8, 4) is 0 Å². The lowest BCUT2D eigenvalue weighted by atomic mass is 10.0. The highest BCUT2D eigenvalue weighted by atomic mass is 32.2. The number of anilines is 1. The molecule has 1 aromatic heterocycles. The van der Waals surface area contributed by atoms with E-state index in [-0.39, 0.29) is 10.8 Å². The van der Waals surface area contributed by atoms with Gasteiger partial charge in [-0.15, -0.1) is 10.2 Å². The third-order valence-corrected chi connectivity index (χ3v) is 8.34. The topological polar surface area (TPSA) is 92.3 Å². The molecule has 0 spiro atoms. The van der Waals surface area contributed by atoms with E-state index in [0.717, 1.165) is 17.2 Å². The number of carbonyl (C=O) groups excluding carboxylic acids is 1. The Morgan fingerprint density at radius 3 is 2.63 bits per heavy atom. The maximum Gasteiger partial charge on any atom is 0.257 e. The molecule has 0 unspecified atom stereocenters. The van der Waals surface area contributed by atoms with Gasteiger partial charge in [-0.1, -0.05) is 36.1 Å². The second kappa shape index (κ2) is 8.26. The molecule has 0 bridgehead atoms. The van der Waals surface area contributed by atoms with Gasteiger partial charge in [0.1, 0.15) is 0 Å². The molecule has 1 amide bonds. The Hall–Kier alpha value is -1.49. The molecule has 3 rings (SSSR count). The van der Waals surface area contributed by atoms with Gasteiger partial charge in [0.2, 0.25) is 15.2 Å². The van der Waals surface area contributed by atoms with Gasteiger partial charge in [-0.25, -0.2) is 8.42 Å². The van der Waals surface area contributed by atoms with Crippen molar-refractivity contribution in [2.24, 2.45) is 5.92 Å². The summed E-state index contributed by atoms with van der Waals surface area (Å²) in [4.78, 5) is 12.8. The lowest BCUT2D eigenvalue weighted by Gasteiger charge is -2.29. The quantitative estimate of drug-likeness (QED) is 0.583. The predicted octanol–water partition coefficient (Wildman–Crippen LogP) is 3.24. The first-order valence-electron chi connectivity index (χ1n) is 8.61. The first kappa shape index (κ1) is 20.2. The van der Waals surface area contributed by atoms with Crippen LogP contribution in [0.25, 0.3) is 0 Å². The Bertz CT molecular complexity index is 935. The largest absolute Gasteiger partial charge is 0.296 e. The minimum atomic E-state index is -3.61. The van der Waals surface area contributed by atoms with Crippen LogP contribution >= 0.6 is 23.1 Å². The van der Waals surface area contributed by atoms with Crippen LogP contribution in [0.4, 0.5) is 5.13 Å². The molecule has 1 saturated heterocycles. The van der Waals surface area contributed by atoms with Crippen molar-refractivity contribution in [1.82, 2.24) is 14.5 Å². The van der Waals surface area contributed by atoms with Crippen LogP contribution in [0.1, 0.15) is 35.7 Å². The molecule has 0 aliphatic carbocycles. The molecule has 27 heavy (non-hydrogen) atoms. The van der Waals surface area contributed by atoms with E-state index in [1.165, 1.54) is 33.5 Å². The highest BCUT2D eigenvalue weighted by Crippen LogP contribution is 2.26. The number of piperidine rings is 1. The number of nitrogens with zero attached hydrogens (tertiary/aromatic N) is 3. The normalized spacial score (nSPS) is 16.4. The lowest BCUT2D eigenvalue weighted by molar-refractivity contribution is 0.102. The lowest BCUT2D eigenvalue weighted by Crippen LogP contribution is -2.38. The number of hydrogen-bond acceptors (Lipinski definition) is 7. The highest BCUT2D eigenvalue weighted by molar-refractivity contribution is 8.00. The number of aromatic nitrogens is 2. The van der Waals surface area contributed by atoms with Crippen LogP contribution in [0.3, 0.4) is 0 Å². The molecule has 10 heteroatoms. The van der Waals surface area contributed by atoms with E-state index in [9.17, 15) is 13.2 Å². The van der Waals surface area contributed by atoms with Gasteiger partial charge in [0.25, 0.3) is 5.91 Å². The molecule has 1 aliphatic rings. The Morgan fingerprint density at radius 2 is 2.00 bits per heavy atom. The smallest absolute Gasteiger partial charge is 0.257 e. The summed E-state index contributed by atoms with van der Waals surface area (Å²) >= 11 is 2.72. The fourth-order valence-electron chi connectivity index (χ4n) is 2.89. The van der Waals surface area contributed by atoms with Crippen LogP contribution in [-0.2, 0) is 10.0 Å². The number of carbonyl (C=O) groups is 1. The summed E-state index contributed by atoms with van der Waals surface area (Å²) in [6.07, 6.45) is 3.59. The van der Waals surface area contributed by atoms with Gasteiger partial charge in [-0.3, -0.25) is 10.1 Å². The fourth-order valence-corrected chi connectivity index (χ4v) is 5.55. The molecule has 2 heterocycles. The molecule has 7 nitrogen and oxygen atoms in total. The Labute approximate surface area is 167 Å². The molecule has 1 N–H and O–H groups in total. The van der Waals surface area contributed by atoms with Crippen molar-refractivity contribution in [1.29, 1.82) is 0 Å². The van der Waals surface area contributed by atoms with Crippen LogP contribution < -0.4 is 5.32 Å². The monoisotopic (exact) mass is 426 g/mol. The van der Waals surface area contributed by atoms with Crippen LogP contribution in [0.2, 0.25) is 0 Å². The molecule has 1 fully saturated rings. The number of benzene rings is 1. The zero-order valence-corrected chi connectivity index (χ0v) is 17.9. The van der Waals surface area contributed by atoms with Gasteiger partial charge < -0.3 is 0 Å². The van der Waals surface area contributed by atoms with E-state index < -0.39 is 10.0 Å². The van der Waals surface area contributed by atoms with E-state index in [2.05, 4.69) is 22.4 Å². The van der Waals surface area contributed by atoms with Crippen LogP contribution in [0.5, 0.6) is 0 Å². The number of thioether (sulfide) groups is 1. The van der Waals surface area contributed by atoms with Crippen molar-refractivity contribution in [3.63, 3.8) is 0 Å². The van der Waals surface area contributed by atoms with Crippen LogP contribution in [0, 0.1) is 12.8 Å². The summed E-state index contributed by atoms with van der Waals surface area (Å²) in [5, 5.41) is 11.0. The molecular weight excluding hydrogens is 404 g/mol. The van der Waals surface area contributed by atoms with E-state index in [4.69, 9.17) is 0 Å². The molecule has 0 saturated carbocycles. The van der Waals surface area contributed by atoms with Crippen molar-refractivity contribution >= 4 is 44.2 Å². The predicted molar refractivity (Wildman–Crippen MR) is 108 cm³/mol. The number of amides is 1.